The molecule has 0 aliphatic carbocycles. The van der Waals surface area contributed by atoms with E-state index in [2.05, 4.69) is 26.8 Å². The summed E-state index contributed by atoms with van der Waals surface area (Å²) in [6.07, 6.45) is 4.80. The van der Waals surface area contributed by atoms with Crippen molar-refractivity contribution in [2.45, 2.75) is 53.4 Å². The fraction of sp³-hybridized carbons (Fsp3) is 0.435. The molecule has 2 aromatic carbocycles. The van der Waals surface area contributed by atoms with E-state index in [4.69, 9.17) is 4.74 Å². The molecule has 2 nitrogen and oxygen atoms in total. The van der Waals surface area contributed by atoms with Crippen molar-refractivity contribution < 1.29 is 4.74 Å². The Labute approximate surface area is 159 Å². The van der Waals surface area contributed by atoms with E-state index in [9.17, 15) is 4.79 Å². The quantitative estimate of drug-likeness (QED) is 0.438. The minimum Gasteiger partial charge on any atom is -0.493 e. The number of rotatable bonds is 7. The maximum absolute atomic E-state index is 13.1. The topological polar surface area (TPSA) is 26.3 Å². The summed E-state index contributed by atoms with van der Waals surface area (Å²) in [4.78, 5) is 13.1. The van der Waals surface area contributed by atoms with Crippen molar-refractivity contribution in [1.82, 2.24) is 0 Å². The van der Waals surface area contributed by atoms with Crippen molar-refractivity contribution in [3.05, 3.63) is 51.7 Å². The number of unbranched alkanes of at least 4 members (excludes halogenated alkanes) is 1. The number of fused-ring (bicyclic) bond motifs is 2. The van der Waals surface area contributed by atoms with E-state index in [1.807, 2.05) is 31.2 Å². The Hall–Kier alpha value is -1.87. The summed E-state index contributed by atoms with van der Waals surface area (Å²) in [7, 11) is 0. The van der Waals surface area contributed by atoms with Crippen molar-refractivity contribution >= 4 is 31.5 Å². The van der Waals surface area contributed by atoms with E-state index in [0.29, 0.717) is 5.92 Å². The molecule has 138 valence electrons. The number of hydrogen-bond acceptors (Lipinski definition) is 3. The molecular weight excluding hydrogens is 340 g/mol. The third-order valence-electron chi connectivity index (χ3n) is 5.25. The van der Waals surface area contributed by atoms with Crippen LogP contribution in [0.3, 0.4) is 0 Å². The van der Waals surface area contributed by atoms with Gasteiger partial charge in [0.2, 0.25) is 0 Å². The summed E-state index contributed by atoms with van der Waals surface area (Å²) in [5, 5.41) is 1.62. The van der Waals surface area contributed by atoms with Gasteiger partial charge in [-0.15, -0.1) is 11.3 Å². The Balaban J connectivity index is 2.02. The smallest absolute Gasteiger partial charge is 0.196 e. The first-order chi connectivity index (χ1) is 12.6. The van der Waals surface area contributed by atoms with Gasteiger partial charge in [-0.1, -0.05) is 45.2 Å². The molecular formula is C23H28O2S. The van der Waals surface area contributed by atoms with Crippen molar-refractivity contribution in [2.24, 2.45) is 5.92 Å². The van der Waals surface area contributed by atoms with Crippen LogP contribution < -0.4 is 10.2 Å². The van der Waals surface area contributed by atoms with Crippen LogP contribution in [0.5, 0.6) is 5.75 Å². The van der Waals surface area contributed by atoms with Crippen molar-refractivity contribution in [3.8, 4) is 5.75 Å². The van der Waals surface area contributed by atoms with Crippen LogP contribution in [-0.4, -0.2) is 6.61 Å². The summed E-state index contributed by atoms with van der Waals surface area (Å²) in [5.74, 6) is 1.47. The Morgan fingerprint density at radius 1 is 1.12 bits per heavy atom. The third kappa shape index (κ3) is 3.64. The molecule has 3 rings (SSSR count). The minimum absolute atomic E-state index is 0.120. The molecule has 0 fully saturated rings. The number of ether oxygens (including phenoxy) is 1. The highest BCUT2D eigenvalue weighted by Gasteiger charge is 2.16. The first kappa shape index (κ1) is 18.9. The molecule has 3 heteroatoms. The van der Waals surface area contributed by atoms with Gasteiger partial charge in [0, 0.05) is 25.7 Å². The number of benzene rings is 2. The zero-order valence-electron chi connectivity index (χ0n) is 16.2. The van der Waals surface area contributed by atoms with E-state index in [-0.39, 0.29) is 5.43 Å². The second-order valence-corrected chi connectivity index (χ2v) is 8.26. The molecule has 0 saturated carbocycles. The van der Waals surface area contributed by atoms with E-state index >= 15 is 0 Å². The largest absolute Gasteiger partial charge is 0.493 e. The van der Waals surface area contributed by atoms with Crippen LogP contribution >= 0.6 is 11.3 Å². The average molecular weight is 369 g/mol. The standard InChI is InChI=1S/C23H28O2S/c1-5-7-10-17(6-2)14-25-23-15(3)13-20-21(16(23)4)22(24)18-11-8-9-12-19(18)26-20/h8-9,11-13,17H,5-7,10,14H2,1-4H3. The molecule has 3 aromatic rings. The van der Waals surface area contributed by atoms with Gasteiger partial charge in [-0.3, -0.25) is 4.79 Å². The predicted molar refractivity (Wildman–Crippen MR) is 114 cm³/mol. The molecule has 0 aliphatic heterocycles. The zero-order chi connectivity index (χ0) is 18.7. The first-order valence-corrected chi connectivity index (χ1v) is 10.5. The van der Waals surface area contributed by atoms with Crippen molar-refractivity contribution in [3.63, 3.8) is 0 Å². The number of aryl methyl sites for hydroxylation is 2. The van der Waals surface area contributed by atoms with E-state index in [1.165, 1.54) is 19.3 Å². The third-order valence-corrected chi connectivity index (χ3v) is 6.37. The lowest BCUT2D eigenvalue weighted by molar-refractivity contribution is 0.231. The van der Waals surface area contributed by atoms with Crippen LogP contribution in [0, 0.1) is 19.8 Å². The van der Waals surface area contributed by atoms with E-state index < -0.39 is 0 Å². The minimum atomic E-state index is 0.120. The molecule has 0 saturated heterocycles. The van der Waals surface area contributed by atoms with Crippen LogP contribution in [0.4, 0.5) is 0 Å². The van der Waals surface area contributed by atoms with E-state index in [0.717, 1.165) is 50.1 Å². The van der Waals surface area contributed by atoms with Gasteiger partial charge in [-0.2, -0.15) is 0 Å². The molecule has 1 unspecified atom stereocenters. The molecule has 0 radical (unpaired) electrons. The lowest BCUT2D eigenvalue weighted by Gasteiger charge is -2.19. The monoisotopic (exact) mass is 368 g/mol. The molecule has 0 aliphatic rings. The van der Waals surface area contributed by atoms with E-state index in [1.54, 1.807) is 11.3 Å². The molecule has 0 N–H and O–H groups in total. The Kier molecular flexibility index (Phi) is 5.98. The van der Waals surface area contributed by atoms with Gasteiger partial charge in [0.25, 0.3) is 0 Å². The molecule has 1 atom stereocenters. The predicted octanol–water partition coefficient (Wildman–Crippen LogP) is 6.63. The van der Waals surface area contributed by atoms with Crippen molar-refractivity contribution in [1.29, 1.82) is 0 Å². The molecule has 1 aromatic heterocycles. The highest BCUT2D eigenvalue weighted by Crippen LogP contribution is 2.34. The maximum atomic E-state index is 13.1. The lowest BCUT2D eigenvalue weighted by atomic mass is 10.00. The fourth-order valence-corrected chi connectivity index (χ4v) is 4.85. The first-order valence-electron chi connectivity index (χ1n) is 9.65. The van der Waals surface area contributed by atoms with Gasteiger partial charge in [-0.05, 0) is 49.9 Å². The number of hydrogen-bond donors (Lipinski definition) is 0. The molecule has 0 amide bonds. The van der Waals surface area contributed by atoms with Gasteiger partial charge >= 0.3 is 0 Å². The van der Waals surface area contributed by atoms with Gasteiger partial charge in [-0.25, -0.2) is 0 Å². The normalized spacial score (nSPS) is 12.6. The fourth-order valence-electron chi connectivity index (χ4n) is 3.61. The molecule has 26 heavy (non-hydrogen) atoms. The van der Waals surface area contributed by atoms with Gasteiger partial charge < -0.3 is 4.74 Å². The summed E-state index contributed by atoms with van der Waals surface area (Å²) in [6.45, 7) is 9.30. The van der Waals surface area contributed by atoms with Crippen molar-refractivity contribution in [2.75, 3.05) is 6.61 Å². The Morgan fingerprint density at radius 3 is 2.62 bits per heavy atom. The second-order valence-electron chi connectivity index (χ2n) is 7.18. The van der Waals surface area contributed by atoms with Crippen LogP contribution in [0.1, 0.15) is 50.7 Å². The summed E-state index contributed by atoms with van der Waals surface area (Å²) in [5.41, 5.74) is 2.22. The van der Waals surface area contributed by atoms with Crippen LogP contribution in [0.15, 0.2) is 35.1 Å². The van der Waals surface area contributed by atoms with Crippen LogP contribution in [0.25, 0.3) is 20.2 Å². The summed E-state index contributed by atoms with van der Waals surface area (Å²) in [6, 6.07) is 9.98. The van der Waals surface area contributed by atoms with Crippen LogP contribution in [0.2, 0.25) is 0 Å². The summed E-state index contributed by atoms with van der Waals surface area (Å²) < 4.78 is 8.35. The van der Waals surface area contributed by atoms with Gasteiger partial charge in [0.1, 0.15) is 5.75 Å². The lowest BCUT2D eigenvalue weighted by Crippen LogP contribution is -2.13. The Morgan fingerprint density at radius 2 is 1.88 bits per heavy atom. The molecule has 0 bridgehead atoms. The van der Waals surface area contributed by atoms with Crippen LogP contribution in [-0.2, 0) is 0 Å². The molecule has 1 heterocycles. The second kappa shape index (κ2) is 8.22. The SMILES string of the molecule is CCCCC(CC)COc1c(C)cc2sc3ccccc3c(=O)c2c1C. The maximum Gasteiger partial charge on any atom is 0.196 e. The zero-order valence-corrected chi connectivity index (χ0v) is 17.0. The Bertz CT molecular complexity index is 971. The highest BCUT2D eigenvalue weighted by molar-refractivity contribution is 7.24. The highest BCUT2D eigenvalue weighted by atomic mass is 32.1. The average Bonchev–Trinajstić information content (AvgIpc) is 2.63. The van der Waals surface area contributed by atoms with Gasteiger partial charge in [0.15, 0.2) is 5.43 Å². The van der Waals surface area contributed by atoms with Gasteiger partial charge in [0.05, 0.1) is 6.61 Å². The molecule has 0 spiro atoms. The summed E-state index contributed by atoms with van der Waals surface area (Å²) >= 11 is 1.69.